The largest absolute Gasteiger partial charge is 0.496 e. The van der Waals surface area contributed by atoms with Gasteiger partial charge in [0.1, 0.15) is 5.75 Å². The van der Waals surface area contributed by atoms with Crippen LogP contribution in [0.2, 0.25) is 0 Å². The summed E-state index contributed by atoms with van der Waals surface area (Å²) >= 11 is 0. The Labute approximate surface area is 132 Å². The van der Waals surface area contributed by atoms with Crippen molar-refractivity contribution in [2.45, 2.75) is 6.92 Å². The van der Waals surface area contributed by atoms with E-state index in [1.807, 2.05) is 0 Å². The summed E-state index contributed by atoms with van der Waals surface area (Å²) in [4.78, 5) is 41.7. The van der Waals surface area contributed by atoms with Gasteiger partial charge in [-0.05, 0) is 31.2 Å². The van der Waals surface area contributed by atoms with Crippen molar-refractivity contribution in [3.05, 3.63) is 64.7 Å². The molecular weight excluding hydrogens is 298 g/mol. The number of hydrogen-bond donors (Lipinski definition) is 0. The van der Waals surface area contributed by atoms with E-state index in [0.717, 1.165) is 0 Å². The minimum Gasteiger partial charge on any atom is -0.496 e. The second-order valence-electron chi connectivity index (χ2n) is 4.96. The van der Waals surface area contributed by atoms with Gasteiger partial charge in [-0.1, -0.05) is 23.3 Å². The Morgan fingerprint density at radius 2 is 1.57 bits per heavy atom. The highest BCUT2D eigenvalue weighted by Crippen LogP contribution is 2.25. The fourth-order valence-corrected chi connectivity index (χ4v) is 2.44. The van der Waals surface area contributed by atoms with E-state index >= 15 is 0 Å². The van der Waals surface area contributed by atoms with Gasteiger partial charge in [0.25, 0.3) is 11.8 Å². The molecule has 0 saturated carbocycles. The number of rotatable bonds is 3. The number of ether oxygens (including phenoxy) is 1. The van der Waals surface area contributed by atoms with Crippen molar-refractivity contribution in [1.29, 1.82) is 0 Å². The van der Waals surface area contributed by atoms with Crippen molar-refractivity contribution in [2.24, 2.45) is 0 Å². The van der Waals surface area contributed by atoms with Gasteiger partial charge in [0.05, 0.1) is 23.8 Å². The molecule has 2 aromatic carbocycles. The molecular formula is C17H13NO5. The van der Waals surface area contributed by atoms with Gasteiger partial charge >= 0.3 is 5.97 Å². The standard InChI is InChI=1S/C17H13NO5/c1-10-11(8-5-9-14(10)22-2)17(21)23-18-15(19)12-6-3-4-7-13(12)16(18)20/h3-9H,1-2H3. The molecule has 2 aromatic rings. The number of fused-ring (bicyclic) bond motifs is 1. The smallest absolute Gasteiger partial charge is 0.364 e. The lowest BCUT2D eigenvalue weighted by molar-refractivity contribution is -0.0585. The van der Waals surface area contributed by atoms with E-state index in [2.05, 4.69) is 0 Å². The van der Waals surface area contributed by atoms with Crippen LogP contribution in [0.3, 0.4) is 0 Å². The maximum absolute atomic E-state index is 12.3. The SMILES string of the molecule is COc1cccc(C(=O)ON2C(=O)c3ccccc3C2=O)c1C. The second kappa shape index (κ2) is 5.57. The lowest BCUT2D eigenvalue weighted by Gasteiger charge is -2.14. The van der Waals surface area contributed by atoms with Crippen molar-refractivity contribution >= 4 is 17.8 Å². The van der Waals surface area contributed by atoms with Gasteiger partial charge in [0.2, 0.25) is 0 Å². The summed E-state index contributed by atoms with van der Waals surface area (Å²) in [7, 11) is 1.49. The molecule has 0 radical (unpaired) electrons. The molecule has 1 heterocycles. The Balaban J connectivity index is 1.88. The molecule has 0 N–H and O–H groups in total. The highest BCUT2D eigenvalue weighted by Gasteiger charge is 2.39. The zero-order chi connectivity index (χ0) is 16.6. The molecule has 0 spiro atoms. The fourth-order valence-electron chi connectivity index (χ4n) is 2.44. The first-order chi connectivity index (χ1) is 11.0. The summed E-state index contributed by atoms with van der Waals surface area (Å²) < 4.78 is 5.14. The van der Waals surface area contributed by atoms with Gasteiger partial charge in [0, 0.05) is 5.56 Å². The van der Waals surface area contributed by atoms with E-state index in [1.165, 1.54) is 19.2 Å². The zero-order valence-electron chi connectivity index (χ0n) is 12.5. The minimum absolute atomic E-state index is 0.215. The second-order valence-corrected chi connectivity index (χ2v) is 4.96. The van der Waals surface area contributed by atoms with Crippen LogP contribution in [-0.2, 0) is 4.84 Å². The van der Waals surface area contributed by atoms with Gasteiger partial charge in [-0.25, -0.2) is 4.79 Å². The molecule has 0 saturated heterocycles. The number of imide groups is 1. The molecule has 2 amide bonds. The number of hydrogen-bond acceptors (Lipinski definition) is 5. The fraction of sp³-hybridized carbons (Fsp3) is 0.118. The van der Waals surface area contributed by atoms with Crippen molar-refractivity contribution < 1.29 is 24.0 Å². The predicted octanol–water partition coefficient (Wildman–Crippen LogP) is 2.37. The summed E-state index contributed by atoms with van der Waals surface area (Å²) in [6.45, 7) is 1.69. The molecule has 6 heteroatoms. The molecule has 3 rings (SSSR count). The molecule has 6 nitrogen and oxygen atoms in total. The summed E-state index contributed by atoms with van der Waals surface area (Å²) in [6.07, 6.45) is 0. The number of methoxy groups -OCH3 is 1. The number of carbonyl (C=O) groups is 3. The van der Waals surface area contributed by atoms with Crippen molar-refractivity contribution in [1.82, 2.24) is 5.06 Å². The Kier molecular flexibility index (Phi) is 3.57. The number of benzene rings is 2. The van der Waals surface area contributed by atoms with Crippen LogP contribution in [0, 0.1) is 6.92 Å². The highest BCUT2D eigenvalue weighted by molar-refractivity contribution is 6.21. The maximum atomic E-state index is 12.3. The molecule has 0 aromatic heterocycles. The monoisotopic (exact) mass is 311 g/mol. The first-order valence-corrected chi connectivity index (χ1v) is 6.88. The lowest BCUT2D eigenvalue weighted by atomic mass is 10.1. The van der Waals surface area contributed by atoms with Crippen LogP contribution in [-0.4, -0.2) is 30.0 Å². The zero-order valence-corrected chi connectivity index (χ0v) is 12.5. The van der Waals surface area contributed by atoms with Crippen LogP contribution in [0.15, 0.2) is 42.5 Å². The Bertz CT molecular complexity index is 792. The van der Waals surface area contributed by atoms with Crippen LogP contribution < -0.4 is 4.74 Å². The van der Waals surface area contributed by atoms with E-state index in [0.29, 0.717) is 16.4 Å². The molecule has 0 unspecified atom stereocenters. The quantitative estimate of drug-likeness (QED) is 0.814. The third-order valence-corrected chi connectivity index (χ3v) is 3.65. The summed E-state index contributed by atoms with van der Waals surface area (Å²) in [5, 5.41) is 0.492. The Morgan fingerprint density at radius 1 is 0.957 bits per heavy atom. The Morgan fingerprint density at radius 3 is 2.13 bits per heavy atom. The molecule has 0 bridgehead atoms. The van der Waals surface area contributed by atoms with Crippen LogP contribution in [0.5, 0.6) is 5.75 Å². The average Bonchev–Trinajstić information content (AvgIpc) is 2.80. The summed E-state index contributed by atoms with van der Waals surface area (Å²) in [5.41, 5.74) is 1.22. The van der Waals surface area contributed by atoms with Gasteiger partial charge in [-0.2, -0.15) is 0 Å². The molecule has 0 atom stereocenters. The summed E-state index contributed by atoms with van der Waals surface area (Å²) in [5.74, 6) is -1.59. The topological polar surface area (TPSA) is 72.9 Å². The molecule has 23 heavy (non-hydrogen) atoms. The van der Waals surface area contributed by atoms with Gasteiger partial charge in [0.15, 0.2) is 0 Å². The molecule has 1 aliphatic rings. The third-order valence-electron chi connectivity index (χ3n) is 3.65. The number of carbonyl (C=O) groups excluding carboxylic acids is 3. The van der Waals surface area contributed by atoms with E-state index in [1.54, 1.807) is 37.3 Å². The van der Waals surface area contributed by atoms with Crippen LogP contribution in [0.25, 0.3) is 0 Å². The molecule has 1 aliphatic heterocycles. The highest BCUT2D eigenvalue weighted by atomic mass is 16.7. The molecule has 0 fully saturated rings. The number of amides is 2. The van der Waals surface area contributed by atoms with E-state index < -0.39 is 17.8 Å². The average molecular weight is 311 g/mol. The van der Waals surface area contributed by atoms with E-state index in [-0.39, 0.29) is 16.7 Å². The van der Waals surface area contributed by atoms with Crippen molar-refractivity contribution in [2.75, 3.05) is 7.11 Å². The number of hydroxylamine groups is 2. The first-order valence-electron chi connectivity index (χ1n) is 6.88. The molecule has 116 valence electrons. The molecule has 0 aliphatic carbocycles. The van der Waals surface area contributed by atoms with E-state index in [9.17, 15) is 14.4 Å². The van der Waals surface area contributed by atoms with E-state index in [4.69, 9.17) is 9.57 Å². The van der Waals surface area contributed by atoms with Gasteiger partial charge in [-0.15, -0.1) is 0 Å². The normalized spacial score (nSPS) is 13.0. The Hall–Kier alpha value is -3.15. The third kappa shape index (κ3) is 2.34. The first kappa shape index (κ1) is 14.8. The van der Waals surface area contributed by atoms with Crippen molar-refractivity contribution in [3.8, 4) is 5.75 Å². The minimum atomic E-state index is -0.795. The predicted molar refractivity (Wildman–Crippen MR) is 80.1 cm³/mol. The van der Waals surface area contributed by atoms with Crippen LogP contribution >= 0.6 is 0 Å². The van der Waals surface area contributed by atoms with Crippen LogP contribution in [0.4, 0.5) is 0 Å². The van der Waals surface area contributed by atoms with Crippen molar-refractivity contribution in [3.63, 3.8) is 0 Å². The maximum Gasteiger partial charge on any atom is 0.364 e. The number of nitrogens with zero attached hydrogens (tertiary/aromatic N) is 1. The lowest BCUT2D eigenvalue weighted by Crippen LogP contribution is -2.32. The summed E-state index contributed by atoms with van der Waals surface area (Å²) in [6, 6.07) is 11.2. The van der Waals surface area contributed by atoms with Gasteiger partial charge in [-0.3, -0.25) is 9.59 Å². The van der Waals surface area contributed by atoms with Crippen LogP contribution in [0.1, 0.15) is 36.6 Å². The van der Waals surface area contributed by atoms with Gasteiger partial charge < -0.3 is 9.57 Å².